The van der Waals surface area contributed by atoms with Crippen molar-refractivity contribution in [1.29, 1.82) is 0 Å². The number of hydrogen-bond acceptors (Lipinski definition) is 3. The molecule has 1 aliphatic heterocycles. The number of hydrogen-bond donors (Lipinski definition) is 0. The zero-order valence-electron chi connectivity index (χ0n) is 18.7. The molecule has 3 rings (SSSR count). The minimum atomic E-state index is -2.50. The van der Waals surface area contributed by atoms with Gasteiger partial charge in [0.2, 0.25) is 0 Å². The van der Waals surface area contributed by atoms with Gasteiger partial charge in [0, 0.05) is 0 Å². The summed E-state index contributed by atoms with van der Waals surface area (Å²) in [4.78, 5) is 0. The molecule has 1 aliphatic carbocycles. The topological polar surface area (TPSA) is 39.9 Å². The molecule has 2 heterocycles. The van der Waals surface area contributed by atoms with Gasteiger partial charge < -0.3 is 0 Å². The molecule has 0 unspecified atom stereocenters. The molecule has 160 valence electrons. The Morgan fingerprint density at radius 3 is 1.96 bits per heavy atom. The van der Waals surface area contributed by atoms with E-state index in [1.54, 1.807) is 9.40 Å². The second kappa shape index (κ2) is 11.3. The van der Waals surface area contributed by atoms with Gasteiger partial charge in [-0.2, -0.15) is 0 Å². The SMILES string of the molecule is CCC[CH2][Sn]([CH2]CCC)([CH2]CCC)[c]1nnn(CC2CCOCC2)c1C1CC1. The van der Waals surface area contributed by atoms with Crippen molar-refractivity contribution in [1.82, 2.24) is 15.0 Å². The monoisotopic (exact) mass is 497 g/mol. The van der Waals surface area contributed by atoms with Crippen molar-refractivity contribution >= 4 is 22.1 Å². The van der Waals surface area contributed by atoms with E-state index in [1.165, 1.54) is 77.5 Å². The van der Waals surface area contributed by atoms with Gasteiger partial charge in [-0.1, -0.05) is 0 Å². The average molecular weight is 496 g/mol. The van der Waals surface area contributed by atoms with Crippen LogP contribution in [0.4, 0.5) is 0 Å². The molecule has 28 heavy (non-hydrogen) atoms. The van der Waals surface area contributed by atoms with Crippen LogP contribution in [0.2, 0.25) is 13.3 Å². The third-order valence-corrected chi connectivity index (χ3v) is 22.1. The van der Waals surface area contributed by atoms with Crippen molar-refractivity contribution in [2.45, 2.75) is 111 Å². The van der Waals surface area contributed by atoms with E-state index in [2.05, 4.69) is 25.5 Å². The normalized spacial score (nSPS) is 18.7. The van der Waals surface area contributed by atoms with Gasteiger partial charge in [-0.25, -0.2) is 0 Å². The maximum atomic E-state index is 5.58. The van der Waals surface area contributed by atoms with Gasteiger partial charge in [0.1, 0.15) is 0 Å². The van der Waals surface area contributed by atoms with E-state index in [1.807, 2.05) is 0 Å². The molecule has 5 heteroatoms. The molecule has 0 amide bonds. The molecular formula is C23H43N3OSn. The van der Waals surface area contributed by atoms with Gasteiger partial charge >= 0.3 is 177 Å². The van der Waals surface area contributed by atoms with Crippen LogP contribution >= 0.6 is 0 Å². The fourth-order valence-electron chi connectivity index (χ4n) is 5.04. The third-order valence-electron chi connectivity index (χ3n) is 7.04. The van der Waals surface area contributed by atoms with Crippen LogP contribution in [-0.2, 0) is 11.3 Å². The summed E-state index contributed by atoms with van der Waals surface area (Å²) in [6.07, 6.45) is 13.3. The predicted molar refractivity (Wildman–Crippen MR) is 120 cm³/mol. The molecule has 0 radical (unpaired) electrons. The van der Waals surface area contributed by atoms with Crippen LogP contribution in [0.3, 0.4) is 0 Å². The van der Waals surface area contributed by atoms with Crippen molar-refractivity contribution in [3.05, 3.63) is 5.69 Å². The second-order valence-corrected chi connectivity index (χ2v) is 22.4. The van der Waals surface area contributed by atoms with Gasteiger partial charge in [-0.05, 0) is 0 Å². The Morgan fingerprint density at radius 1 is 0.893 bits per heavy atom. The van der Waals surface area contributed by atoms with E-state index < -0.39 is 18.4 Å². The van der Waals surface area contributed by atoms with Crippen LogP contribution in [0.1, 0.15) is 96.6 Å². The number of rotatable bonds is 13. The van der Waals surface area contributed by atoms with Crippen LogP contribution in [0.25, 0.3) is 0 Å². The van der Waals surface area contributed by atoms with E-state index in [4.69, 9.17) is 15.0 Å². The first-order valence-electron chi connectivity index (χ1n) is 12.3. The van der Waals surface area contributed by atoms with E-state index in [-0.39, 0.29) is 0 Å². The zero-order chi connectivity index (χ0) is 19.8. The van der Waals surface area contributed by atoms with Crippen LogP contribution in [0.15, 0.2) is 0 Å². The first kappa shape index (κ1) is 22.6. The number of aromatic nitrogens is 3. The van der Waals surface area contributed by atoms with Crippen molar-refractivity contribution in [3.8, 4) is 0 Å². The summed E-state index contributed by atoms with van der Waals surface area (Å²) in [5.74, 6) is 1.50. The quantitative estimate of drug-likeness (QED) is 0.332. The van der Waals surface area contributed by atoms with Crippen LogP contribution < -0.4 is 3.71 Å². The van der Waals surface area contributed by atoms with Crippen molar-refractivity contribution in [2.75, 3.05) is 13.2 Å². The van der Waals surface area contributed by atoms with Gasteiger partial charge in [-0.3, -0.25) is 0 Å². The van der Waals surface area contributed by atoms with Gasteiger partial charge in [0.05, 0.1) is 0 Å². The molecule has 0 atom stereocenters. The summed E-state index contributed by atoms with van der Waals surface area (Å²) in [7, 11) is 0. The minimum absolute atomic E-state index is 0.729. The first-order chi connectivity index (χ1) is 13.7. The van der Waals surface area contributed by atoms with E-state index >= 15 is 0 Å². The fourth-order valence-corrected chi connectivity index (χ4v) is 21.3. The molecule has 4 nitrogen and oxygen atoms in total. The summed E-state index contributed by atoms with van der Waals surface area (Å²) in [5.41, 5.74) is 1.62. The third kappa shape index (κ3) is 5.74. The van der Waals surface area contributed by atoms with Gasteiger partial charge in [-0.15, -0.1) is 0 Å². The summed E-state index contributed by atoms with van der Waals surface area (Å²) in [5, 5.41) is 9.89. The molecule has 2 aliphatic rings. The Kier molecular flexibility index (Phi) is 9.14. The Hall–Kier alpha value is -0.101. The second-order valence-electron chi connectivity index (χ2n) is 9.43. The van der Waals surface area contributed by atoms with Crippen molar-refractivity contribution in [3.63, 3.8) is 0 Å². The molecule has 0 aromatic carbocycles. The van der Waals surface area contributed by atoms with E-state index in [0.717, 1.165) is 31.6 Å². The Bertz CT molecular complexity index is 557. The summed E-state index contributed by atoms with van der Waals surface area (Å²) in [6, 6.07) is 0. The van der Waals surface area contributed by atoms with Crippen LogP contribution in [0, 0.1) is 5.92 Å². The first-order valence-corrected chi connectivity index (χ1v) is 19.7. The summed E-state index contributed by atoms with van der Waals surface area (Å²) in [6.45, 7) is 10.0. The Labute approximate surface area is 177 Å². The van der Waals surface area contributed by atoms with Gasteiger partial charge in [0.15, 0.2) is 0 Å². The van der Waals surface area contributed by atoms with Crippen LogP contribution in [-0.4, -0.2) is 46.6 Å². The summed E-state index contributed by atoms with van der Waals surface area (Å²) < 4.78 is 14.1. The molecule has 1 aromatic heterocycles. The summed E-state index contributed by atoms with van der Waals surface area (Å²) >= 11 is -2.50. The molecule has 0 bridgehead atoms. The Balaban J connectivity index is 1.90. The van der Waals surface area contributed by atoms with Crippen LogP contribution in [0.5, 0.6) is 0 Å². The van der Waals surface area contributed by atoms with Crippen molar-refractivity contribution < 1.29 is 4.74 Å². The molecule has 1 saturated carbocycles. The standard InChI is InChI=1S/C11H16N3O.3C4H9.Sn/c1-2-10(1)11-7-12-13-14(11)8-9-3-5-15-6-4-9;3*1-3-4-2;/h9-10H,1-6,8H2;3*1,3-4H2,2H3;. The maximum absolute atomic E-state index is 5.58. The molecule has 1 saturated heterocycles. The Morgan fingerprint density at radius 2 is 1.46 bits per heavy atom. The van der Waals surface area contributed by atoms with E-state index in [0.29, 0.717) is 0 Å². The molecular weight excluding hydrogens is 453 g/mol. The molecule has 0 spiro atoms. The number of unbranched alkanes of at least 4 members (excludes halogenated alkanes) is 3. The average Bonchev–Trinajstić information content (AvgIpc) is 3.49. The molecule has 0 N–H and O–H groups in total. The zero-order valence-corrected chi connectivity index (χ0v) is 21.6. The molecule has 2 fully saturated rings. The molecule has 1 aromatic rings. The predicted octanol–water partition coefficient (Wildman–Crippen LogP) is 5.64. The van der Waals surface area contributed by atoms with Crippen molar-refractivity contribution in [2.24, 2.45) is 5.92 Å². The fraction of sp³-hybridized carbons (Fsp3) is 0.913. The number of nitrogens with zero attached hydrogens (tertiary/aromatic N) is 3. The number of ether oxygens (including phenoxy) is 1. The van der Waals surface area contributed by atoms with E-state index in [9.17, 15) is 0 Å². The van der Waals surface area contributed by atoms with Gasteiger partial charge in [0.25, 0.3) is 0 Å².